The minimum atomic E-state index is -1.29. The van der Waals surface area contributed by atoms with E-state index in [4.69, 9.17) is 15.2 Å². The summed E-state index contributed by atoms with van der Waals surface area (Å²) in [7, 11) is 2.26. The number of hydrogen-bond acceptors (Lipinski definition) is 8. The molecule has 0 amide bonds. The van der Waals surface area contributed by atoms with Gasteiger partial charge in [0.25, 0.3) is 0 Å². The second-order valence-electron chi connectivity index (χ2n) is 7.16. The van der Waals surface area contributed by atoms with E-state index in [1.165, 1.54) is 12.1 Å². The fourth-order valence-corrected chi connectivity index (χ4v) is 3.77. The number of methoxy groups -OCH3 is 2. The lowest BCUT2D eigenvalue weighted by Crippen LogP contribution is -2.41. The highest BCUT2D eigenvalue weighted by Gasteiger charge is 2.43. The fraction of sp³-hybridized carbons (Fsp3) is 0.167. The van der Waals surface area contributed by atoms with Crippen LogP contribution in [0.2, 0.25) is 0 Å². The molecule has 9 nitrogen and oxygen atoms in total. The summed E-state index contributed by atoms with van der Waals surface area (Å²) in [5.74, 6) is -4.36. The molecule has 0 fully saturated rings. The summed E-state index contributed by atoms with van der Waals surface area (Å²) in [6.07, 6.45) is 0. The van der Waals surface area contributed by atoms with Gasteiger partial charge >= 0.3 is 17.9 Å². The number of nitrogens with zero attached hydrogens (tertiary/aromatic N) is 2. The second kappa shape index (κ2) is 9.28. The summed E-state index contributed by atoms with van der Waals surface area (Å²) in [6, 6.07) is 15.0. The summed E-state index contributed by atoms with van der Waals surface area (Å²) in [6.45, 7) is 1.72. The van der Waals surface area contributed by atoms with Gasteiger partial charge in [0.2, 0.25) is 0 Å². The van der Waals surface area contributed by atoms with Crippen LogP contribution < -0.4 is 10.6 Å². The smallest absolute Gasteiger partial charge is 0.355 e. The lowest BCUT2D eigenvalue weighted by Gasteiger charge is -2.36. The number of hydrogen-bond donors (Lipinski definition) is 2. The average Bonchev–Trinajstić information content (AvgIpc) is 2.82. The number of benzene rings is 2. The van der Waals surface area contributed by atoms with E-state index in [-0.39, 0.29) is 33.9 Å². The van der Waals surface area contributed by atoms with Crippen molar-refractivity contribution in [3.05, 3.63) is 87.9 Å². The van der Waals surface area contributed by atoms with Crippen molar-refractivity contribution in [3.8, 4) is 6.07 Å². The first-order valence-electron chi connectivity index (χ1n) is 9.76. The molecule has 1 atom stereocenters. The van der Waals surface area contributed by atoms with Crippen molar-refractivity contribution in [1.29, 1.82) is 5.26 Å². The van der Waals surface area contributed by atoms with E-state index >= 15 is 0 Å². The molecule has 1 unspecified atom stereocenters. The Bertz CT molecular complexity index is 1240. The number of allylic oxidation sites excluding steroid dienone is 1. The molecule has 33 heavy (non-hydrogen) atoms. The molecule has 1 aliphatic heterocycles. The number of nitriles is 1. The molecular formula is C24H21N3O6. The van der Waals surface area contributed by atoms with Gasteiger partial charge in [-0.2, -0.15) is 5.26 Å². The maximum atomic E-state index is 13.0. The molecule has 0 radical (unpaired) electrons. The van der Waals surface area contributed by atoms with E-state index in [9.17, 15) is 24.8 Å². The van der Waals surface area contributed by atoms with Crippen LogP contribution in [0.15, 0.2) is 71.2 Å². The molecule has 0 saturated heterocycles. The molecule has 1 heterocycles. The van der Waals surface area contributed by atoms with Crippen LogP contribution in [-0.2, 0) is 19.1 Å². The van der Waals surface area contributed by atoms with Gasteiger partial charge in [-0.25, -0.2) is 14.4 Å². The van der Waals surface area contributed by atoms with Crippen molar-refractivity contribution < 1.29 is 29.0 Å². The number of aromatic carboxylic acids is 1. The van der Waals surface area contributed by atoms with E-state index in [0.717, 1.165) is 19.1 Å². The molecule has 3 N–H and O–H groups in total. The van der Waals surface area contributed by atoms with Crippen LogP contribution in [0.25, 0.3) is 0 Å². The van der Waals surface area contributed by atoms with Gasteiger partial charge in [0.05, 0.1) is 48.6 Å². The summed E-state index contributed by atoms with van der Waals surface area (Å²) >= 11 is 0. The first kappa shape index (κ1) is 23.1. The molecule has 0 saturated carbocycles. The van der Waals surface area contributed by atoms with Crippen molar-refractivity contribution >= 4 is 23.6 Å². The summed E-state index contributed by atoms with van der Waals surface area (Å²) < 4.78 is 9.90. The topological polar surface area (TPSA) is 143 Å². The molecule has 2 aromatic rings. The third-order valence-corrected chi connectivity index (χ3v) is 5.23. The highest BCUT2D eigenvalue weighted by atomic mass is 16.5. The van der Waals surface area contributed by atoms with Crippen LogP contribution in [0.4, 0.5) is 5.69 Å². The van der Waals surface area contributed by atoms with Gasteiger partial charge in [-0.3, -0.25) is 4.90 Å². The van der Waals surface area contributed by atoms with Crippen molar-refractivity contribution in [2.45, 2.75) is 12.8 Å². The lowest BCUT2D eigenvalue weighted by molar-refractivity contribution is -0.139. The minimum Gasteiger partial charge on any atom is -0.478 e. The Morgan fingerprint density at radius 3 is 2.24 bits per heavy atom. The Kier molecular flexibility index (Phi) is 6.49. The van der Waals surface area contributed by atoms with Crippen LogP contribution in [0.5, 0.6) is 0 Å². The van der Waals surface area contributed by atoms with E-state index in [2.05, 4.69) is 0 Å². The van der Waals surface area contributed by atoms with Crippen LogP contribution in [-0.4, -0.2) is 37.2 Å². The number of carboxylic acids is 1. The van der Waals surface area contributed by atoms with E-state index in [0.29, 0.717) is 11.1 Å². The largest absolute Gasteiger partial charge is 0.478 e. The molecule has 2 aromatic carbocycles. The van der Waals surface area contributed by atoms with E-state index < -0.39 is 23.8 Å². The normalized spacial score (nSPS) is 15.7. The van der Waals surface area contributed by atoms with Gasteiger partial charge in [0.15, 0.2) is 0 Å². The number of aryl methyl sites for hydroxylation is 1. The maximum absolute atomic E-state index is 13.0. The number of ether oxygens (including phenoxy) is 2. The predicted octanol–water partition coefficient (Wildman–Crippen LogP) is 2.59. The molecule has 3 rings (SSSR count). The number of rotatable bonds is 5. The SMILES string of the molecule is COC(=O)C1=C(C(=O)OC)N(c2cc(C)ccc2C(=O)O)C(N)=C(C#N)C1c1ccccc1. The van der Waals surface area contributed by atoms with Gasteiger partial charge in [-0.05, 0) is 30.2 Å². The zero-order chi connectivity index (χ0) is 24.3. The molecule has 0 aromatic heterocycles. The maximum Gasteiger partial charge on any atom is 0.355 e. The molecule has 0 bridgehead atoms. The highest BCUT2D eigenvalue weighted by Crippen LogP contribution is 2.44. The molecule has 9 heteroatoms. The van der Waals surface area contributed by atoms with Crippen LogP contribution in [0.3, 0.4) is 0 Å². The number of carbonyl (C=O) groups excluding carboxylic acids is 2. The predicted molar refractivity (Wildman–Crippen MR) is 118 cm³/mol. The second-order valence-corrected chi connectivity index (χ2v) is 7.16. The van der Waals surface area contributed by atoms with Gasteiger partial charge in [0.1, 0.15) is 11.5 Å². The Morgan fingerprint density at radius 2 is 1.70 bits per heavy atom. The van der Waals surface area contributed by atoms with E-state index in [1.54, 1.807) is 43.3 Å². The summed E-state index contributed by atoms with van der Waals surface area (Å²) in [5, 5.41) is 19.8. The zero-order valence-electron chi connectivity index (χ0n) is 18.2. The van der Waals surface area contributed by atoms with Gasteiger partial charge in [0, 0.05) is 0 Å². The number of carbonyl (C=O) groups is 3. The average molecular weight is 447 g/mol. The molecule has 168 valence electrons. The molecule has 1 aliphatic rings. The van der Waals surface area contributed by atoms with Crippen molar-refractivity contribution in [1.82, 2.24) is 0 Å². The molecular weight excluding hydrogens is 426 g/mol. The Labute approximate surface area is 189 Å². The summed E-state index contributed by atoms with van der Waals surface area (Å²) in [5.41, 5.74) is 6.81. The number of esters is 2. The van der Waals surface area contributed by atoms with Crippen LogP contribution >= 0.6 is 0 Å². The monoisotopic (exact) mass is 447 g/mol. The van der Waals surface area contributed by atoms with Crippen molar-refractivity contribution in [3.63, 3.8) is 0 Å². The highest BCUT2D eigenvalue weighted by molar-refractivity contribution is 6.08. The quantitative estimate of drug-likeness (QED) is 0.661. The third kappa shape index (κ3) is 4.02. The standard InChI is InChI=1S/C24H21N3O6/c1-13-9-10-15(22(28)29)17(11-13)27-20(24(31)33-3)19(23(30)32-2)18(16(12-25)21(27)26)14-7-5-4-6-8-14/h4-11,18H,26H2,1-3H3,(H,28,29). The minimum absolute atomic E-state index is 0.000986. The number of nitrogens with two attached hydrogens (primary N) is 1. The van der Waals surface area contributed by atoms with Crippen LogP contribution in [0, 0.1) is 18.3 Å². The first-order chi connectivity index (χ1) is 15.8. The number of anilines is 1. The third-order valence-electron chi connectivity index (χ3n) is 5.23. The summed E-state index contributed by atoms with van der Waals surface area (Å²) in [4.78, 5) is 39.1. The lowest BCUT2D eigenvalue weighted by atomic mass is 9.80. The Morgan fingerprint density at radius 1 is 1.06 bits per heavy atom. The molecule has 0 spiro atoms. The zero-order valence-corrected chi connectivity index (χ0v) is 18.2. The van der Waals surface area contributed by atoms with Gasteiger partial charge in [-0.1, -0.05) is 36.4 Å². The first-order valence-corrected chi connectivity index (χ1v) is 9.76. The van der Waals surface area contributed by atoms with Crippen molar-refractivity contribution in [2.24, 2.45) is 5.73 Å². The molecule has 0 aliphatic carbocycles. The number of carboxylic acid groups (broad SMARTS) is 1. The van der Waals surface area contributed by atoms with Crippen molar-refractivity contribution in [2.75, 3.05) is 19.1 Å². The Hall–Kier alpha value is -4.58. The van der Waals surface area contributed by atoms with E-state index in [1.807, 2.05) is 6.07 Å². The van der Waals surface area contributed by atoms with Crippen LogP contribution in [0.1, 0.15) is 27.4 Å². The fourth-order valence-electron chi connectivity index (χ4n) is 3.77. The van der Waals surface area contributed by atoms with Gasteiger partial charge in [-0.15, -0.1) is 0 Å². The Balaban J connectivity index is 2.49. The van der Waals surface area contributed by atoms with Gasteiger partial charge < -0.3 is 20.3 Å².